The maximum atomic E-state index is 9.35. The Morgan fingerprint density at radius 2 is 1.95 bits per heavy atom. The van der Waals surface area contributed by atoms with Crippen molar-refractivity contribution < 1.29 is 9.47 Å². The highest BCUT2D eigenvalue weighted by Gasteiger charge is 2.26. The average molecular weight is 296 g/mol. The molecule has 6 heteroatoms. The van der Waals surface area contributed by atoms with Crippen LogP contribution in [0.25, 0.3) is 5.69 Å². The summed E-state index contributed by atoms with van der Waals surface area (Å²) >= 11 is 0. The van der Waals surface area contributed by atoms with Gasteiger partial charge in [-0.2, -0.15) is 5.26 Å². The van der Waals surface area contributed by atoms with E-state index in [-0.39, 0.29) is 6.79 Å². The summed E-state index contributed by atoms with van der Waals surface area (Å²) in [6.45, 7) is 0.245. The molecule has 2 heterocycles. The van der Waals surface area contributed by atoms with Gasteiger partial charge in [-0.15, -0.1) is 5.10 Å². The Morgan fingerprint density at radius 3 is 2.77 bits per heavy atom. The van der Waals surface area contributed by atoms with E-state index in [1.54, 1.807) is 4.68 Å². The molecule has 1 fully saturated rings. The van der Waals surface area contributed by atoms with Gasteiger partial charge in [-0.25, -0.2) is 4.68 Å². The topological polar surface area (TPSA) is 73.0 Å². The van der Waals surface area contributed by atoms with Gasteiger partial charge in [-0.1, -0.05) is 24.5 Å². The Hall–Kier alpha value is -2.55. The maximum absolute atomic E-state index is 9.35. The molecule has 0 atom stereocenters. The second-order valence-electron chi connectivity index (χ2n) is 5.72. The zero-order valence-electron chi connectivity index (χ0n) is 12.2. The molecule has 2 aromatic rings. The number of hydrogen-bond donors (Lipinski definition) is 0. The first-order valence-corrected chi connectivity index (χ1v) is 7.62. The lowest BCUT2D eigenvalue weighted by atomic mass is 9.86. The van der Waals surface area contributed by atoms with Crippen LogP contribution in [0.3, 0.4) is 0 Å². The Bertz CT molecular complexity index is 741. The Morgan fingerprint density at radius 1 is 1.14 bits per heavy atom. The second kappa shape index (κ2) is 5.34. The van der Waals surface area contributed by atoms with Crippen molar-refractivity contribution in [1.82, 2.24) is 15.0 Å². The average Bonchev–Trinajstić information content (AvgIpc) is 3.21. The van der Waals surface area contributed by atoms with E-state index >= 15 is 0 Å². The highest BCUT2D eigenvalue weighted by atomic mass is 16.7. The van der Waals surface area contributed by atoms with Gasteiger partial charge in [0.2, 0.25) is 6.79 Å². The summed E-state index contributed by atoms with van der Waals surface area (Å²) in [6.07, 6.45) is 5.84. The van der Waals surface area contributed by atoms with E-state index in [1.807, 2.05) is 18.2 Å². The number of rotatable bonds is 2. The largest absolute Gasteiger partial charge is 0.454 e. The van der Waals surface area contributed by atoms with Crippen molar-refractivity contribution in [3.8, 4) is 23.3 Å². The monoisotopic (exact) mass is 296 g/mol. The summed E-state index contributed by atoms with van der Waals surface area (Å²) in [4.78, 5) is 0. The van der Waals surface area contributed by atoms with Crippen LogP contribution in [0.4, 0.5) is 0 Å². The second-order valence-corrected chi connectivity index (χ2v) is 5.72. The third-order valence-corrected chi connectivity index (χ3v) is 4.40. The normalized spacial score (nSPS) is 17.4. The van der Waals surface area contributed by atoms with E-state index in [1.165, 1.54) is 19.3 Å². The summed E-state index contributed by atoms with van der Waals surface area (Å²) in [7, 11) is 0. The number of nitrogens with zero attached hydrogens (tertiary/aromatic N) is 4. The molecule has 0 radical (unpaired) electrons. The minimum absolute atomic E-state index is 0.245. The van der Waals surface area contributed by atoms with E-state index in [4.69, 9.17) is 9.47 Å². The fraction of sp³-hybridized carbons (Fsp3) is 0.438. The molecule has 1 aliphatic heterocycles. The summed E-state index contributed by atoms with van der Waals surface area (Å²) < 4.78 is 12.6. The van der Waals surface area contributed by atoms with Crippen LogP contribution in [0.1, 0.15) is 49.4 Å². The van der Waals surface area contributed by atoms with Gasteiger partial charge in [0.1, 0.15) is 6.07 Å². The van der Waals surface area contributed by atoms with Gasteiger partial charge in [0.25, 0.3) is 0 Å². The molecule has 1 aromatic carbocycles. The van der Waals surface area contributed by atoms with Crippen LogP contribution in [0.5, 0.6) is 11.5 Å². The van der Waals surface area contributed by atoms with Crippen LogP contribution in [0.2, 0.25) is 0 Å². The molecule has 0 spiro atoms. The van der Waals surface area contributed by atoms with Gasteiger partial charge in [0.15, 0.2) is 17.2 Å². The summed E-state index contributed by atoms with van der Waals surface area (Å²) in [5.74, 6) is 1.80. The molecule has 1 aromatic heterocycles. The lowest BCUT2D eigenvalue weighted by Crippen LogP contribution is -2.12. The molecule has 4 rings (SSSR count). The number of fused-ring (bicyclic) bond motifs is 1. The maximum Gasteiger partial charge on any atom is 0.231 e. The molecule has 22 heavy (non-hydrogen) atoms. The van der Waals surface area contributed by atoms with Crippen molar-refractivity contribution in [3.63, 3.8) is 0 Å². The Kier molecular flexibility index (Phi) is 3.19. The molecule has 0 amide bonds. The van der Waals surface area contributed by atoms with Gasteiger partial charge in [-0.3, -0.25) is 0 Å². The smallest absolute Gasteiger partial charge is 0.231 e. The van der Waals surface area contributed by atoms with E-state index < -0.39 is 0 Å². The van der Waals surface area contributed by atoms with E-state index in [0.29, 0.717) is 17.4 Å². The number of hydrogen-bond acceptors (Lipinski definition) is 5. The number of benzene rings is 1. The van der Waals surface area contributed by atoms with Gasteiger partial charge < -0.3 is 9.47 Å². The SMILES string of the molecule is N#Cc1nnn(-c2ccc3c(c2)OCO3)c1C1CCCCC1. The van der Waals surface area contributed by atoms with Crippen LogP contribution >= 0.6 is 0 Å². The lowest BCUT2D eigenvalue weighted by molar-refractivity contribution is 0.174. The molecular formula is C16H16N4O2. The predicted octanol–water partition coefficient (Wildman–Crippen LogP) is 2.92. The molecule has 0 bridgehead atoms. The van der Waals surface area contributed by atoms with Crippen LogP contribution in [0, 0.1) is 11.3 Å². The fourth-order valence-corrected chi connectivity index (χ4v) is 3.32. The molecule has 112 valence electrons. The molecule has 6 nitrogen and oxygen atoms in total. The summed E-state index contributed by atoms with van der Waals surface area (Å²) in [5.41, 5.74) is 2.23. The Labute approximate surface area is 128 Å². The summed E-state index contributed by atoms with van der Waals surface area (Å²) in [5, 5.41) is 17.6. The first-order valence-electron chi connectivity index (χ1n) is 7.62. The van der Waals surface area contributed by atoms with Crippen LogP contribution in [0.15, 0.2) is 18.2 Å². The third kappa shape index (κ3) is 2.10. The summed E-state index contributed by atoms with van der Waals surface area (Å²) in [6, 6.07) is 7.88. The standard InChI is InChI=1S/C16H16N4O2/c17-9-13-16(11-4-2-1-3-5-11)20(19-18-13)12-6-7-14-15(8-12)22-10-21-14/h6-8,11H,1-5,10H2. The third-order valence-electron chi connectivity index (χ3n) is 4.40. The molecule has 0 unspecified atom stereocenters. The Balaban J connectivity index is 1.78. The zero-order valence-corrected chi connectivity index (χ0v) is 12.2. The van der Waals surface area contributed by atoms with Crippen LogP contribution in [-0.4, -0.2) is 21.8 Å². The van der Waals surface area contributed by atoms with E-state index in [2.05, 4.69) is 16.4 Å². The van der Waals surface area contributed by atoms with Gasteiger partial charge in [0, 0.05) is 12.0 Å². The van der Waals surface area contributed by atoms with Gasteiger partial charge in [-0.05, 0) is 25.0 Å². The quantitative estimate of drug-likeness (QED) is 0.852. The first kappa shape index (κ1) is 13.1. The van der Waals surface area contributed by atoms with E-state index in [0.717, 1.165) is 30.0 Å². The van der Waals surface area contributed by atoms with Gasteiger partial charge in [0.05, 0.1) is 11.4 Å². The molecule has 0 N–H and O–H groups in total. The molecule has 0 saturated heterocycles. The van der Waals surface area contributed by atoms with Gasteiger partial charge >= 0.3 is 0 Å². The molecule has 2 aliphatic rings. The van der Waals surface area contributed by atoms with Crippen molar-refractivity contribution in [2.45, 2.75) is 38.0 Å². The highest BCUT2D eigenvalue weighted by Crippen LogP contribution is 2.37. The van der Waals surface area contributed by atoms with Crippen molar-refractivity contribution >= 4 is 0 Å². The number of ether oxygens (including phenoxy) is 2. The predicted molar refractivity (Wildman–Crippen MR) is 78.0 cm³/mol. The van der Waals surface area contributed by atoms with Crippen molar-refractivity contribution in [3.05, 3.63) is 29.6 Å². The zero-order chi connectivity index (χ0) is 14.9. The van der Waals surface area contributed by atoms with Crippen molar-refractivity contribution in [2.24, 2.45) is 0 Å². The van der Waals surface area contributed by atoms with Crippen LogP contribution in [-0.2, 0) is 0 Å². The molecule has 1 aliphatic carbocycles. The van der Waals surface area contributed by atoms with Crippen molar-refractivity contribution in [2.75, 3.05) is 6.79 Å². The van der Waals surface area contributed by atoms with Crippen molar-refractivity contribution in [1.29, 1.82) is 5.26 Å². The fourth-order valence-electron chi connectivity index (χ4n) is 3.32. The minimum Gasteiger partial charge on any atom is -0.454 e. The van der Waals surface area contributed by atoms with E-state index in [9.17, 15) is 5.26 Å². The first-order chi connectivity index (χ1) is 10.9. The van der Waals surface area contributed by atoms with Crippen LogP contribution < -0.4 is 9.47 Å². The number of nitriles is 1. The highest BCUT2D eigenvalue weighted by molar-refractivity contribution is 5.51. The number of aromatic nitrogens is 3. The molecule has 1 saturated carbocycles. The lowest BCUT2D eigenvalue weighted by Gasteiger charge is -2.22. The minimum atomic E-state index is 0.245. The molecular weight excluding hydrogens is 280 g/mol.